The first-order valence-electron chi connectivity index (χ1n) is 6.93. The lowest BCUT2D eigenvalue weighted by atomic mass is 10.1. The average Bonchev–Trinajstić information content (AvgIpc) is 2.51. The molecule has 1 aliphatic heterocycles. The summed E-state index contributed by atoms with van der Waals surface area (Å²) in [6.45, 7) is 8.27. The summed E-state index contributed by atoms with van der Waals surface area (Å²) in [6, 6.07) is 8.10. The van der Waals surface area contributed by atoms with Gasteiger partial charge in [-0.15, -0.1) is 0 Å². The third-order valence-corrected chi connectivity index (χ3v) is 4.02. The number of rotatable bonds is 6. The molecule has 1 aromatic rings. The normalized spacial score (nSPS) is 14.8. The Kier molecular flexibility index (Phi) is 5.65. The molecule has 1 heterocycles. The van der Waals surface area contributed by atoms with E-state index in [0.717, 1.165) is 33.7 Å². The van der Waals surface area contributed by atoms with Crippen molar-refractivity contribution >= 4 is 21.6 Å². The molecule has 0 spiro atoms. The standard InChI is InChI=1S/C17H20BrNO2/c1-4-19-13(2)16(18)9-10-17(19)14-5-7-15(8-6-14)21-12-11-20-3/h5-10H,2,4,11-12H2,1,3H3. The molecule has 112 valence electrons. The molecule has 0 saturated heterocycles. The number of halogens is 1. The van der Waals surface area contributed by atoms with Crippen LogP contribution in [0.3, 0.4) is 0 Å². The predicted octanol–water partition coefficient (Wildman–Crippen LogP) is 4.18. The van der Waals surface area contributed by atoms with E-state index in [2.05, 4.69) is 52.5 Å². The number of ether oxygens (including phenoxy) is 2. The van der Waals surface area contributed by atoms with Crippen LogP contribution < -0.4 is 4.74 Å². The molecule has 4 heteroatoms. The Bertz CT molecular complexity index is 561. The molecule has 0 N–H and O–H groups in total. The van der Waals surface area contributed by atoms with E-state index in [1.54, 1.807) is 7.11 Å². The number of benzene rings is 1. The summed E-state index contributed by atoms with van der Waals surface area (Å²) in [4.78, 5) is 2.19. The van der Waals surface area contributed by atoms with Gasteiger partial charge < -0.3 is 14.4 Å². The molecule has 1 aromatic carbocycles. The van der Waals surface area contributed by atoms with Gasteiger partial charge in [-0.2, -0.15) is 0 Å². The fourth-order valence-corrected chi connectivity index (χ4v) is 2.54. The molecule has 21 heavy (non-hydrogen) atoms. The number of nitrogens with zero attached hydrogens (tertiary/aromatic N) is 1. The lowest BCUT2D eigenvalue weighted by Gasteiger charge is -2.30. The molecule has 0 aromatic heterocycles. The minimum atomic E-state index is 0.562. The van der Waals surface area contributed by atoms with Crippen molar-refractivity contribution in [1.82, 2.24) is 4.90 Å². The Morgan fingerprint density at radius 3 is 2.48 bits per heavy atom. The van der Waals surface area contributed by atoms with Gasteiger partial charge in [-0.3, -0.25) is 0 Å². The van der Waals surface area contributed by atoms with Crippen LogP contribution in [0.1, 0.15) is 12.5 Å². The summed E-state index contributed by atoms with van der Waals surface area (Å²) < 4.78 is 11.6. The summed E-state index contributed by atoms with van der Waals surface area (Å²) in [5, 5.41) is 0. The molecule has 0 bridgehead atoms. The average molecular weight is 350 g/mol. The molecular formula is C17H20BrNO2. The SMILES string of the molecule is C=C1C(Br)=CC=C(c2ccc(OCCOC)cc2)N1CC. The van der Waals surface area contributed by atoms with Crippen molar-refractivity contribution in [3.05, 3.63) is 58.7 Å². The Morgan fingerprint density at radius 1 is 1.14 bits per heavy atom. The summed E-state index contributed by atoms with van der Waals surface area (Å²) in [6.07, 6.45) is 4.13. The van der Waals surface area contributed by atoms with E-state index in [1.807, 2.05) is 18.2 Å². The molecule has 1 aliphatic rings. The van der Waals surface area contributed by atoms with E-state index in [9.17, 15) is 0 Å². The fourth-order valence-electron chi connectivity index (χ4n) is 2.19. The Labute approximate surface area is 134 Å². The van der Waals surface area contributed by atoms with Crippen LogP contribution in [0.15, 0.2) is 53.2 Å². The molecule has 0 amide bonds. The number of hydrogen-bond donors (Lipinski definition) is 0. The minimum absolute atomic E-state index is 0.562. The molecule has 0 atom stereocenters. The lowest BCUT2D eigenvalue weighted by molar-refractivity contribution is 0.146. The fraction of sp³-hybridized carbons (Fsp3) is 0.294. The summed E-state index contributed by atoms with van der Waals surface area (Å²) in [5.74, 6) is 0.853. The van der Waals surface area contributed by atoms with Gasteiger partial charge in [0.05, 0.1) is 6.61 Å². The van der Waals surface area contributed by atoms with Crippen molar-refractivity contribution < 1.29 is 9.47 Å². The molecular weight excluding hydrogens is 330 g/mol. The zero-order valence-electron chi connectivity index (χ0n) is 12.4. The van der Waals surface area contributed by atoms with Crippen LogP contribution in [0, 0.1) is 0 Å². The molecule has 0 unspecified atom stereocenters. The van der Waals surface area contributed by atoms with Crippen LogP contribution in [-0.4, -0.2) is 31.8 Å². The van der Waals surface area contributed by atoms with E-state index < -0.39 is 0 Å². The van der Waals surface area contributed by atoms with Gasteiger partial charge in [0.15, 0.2) is 0 Å². The third kappa shape index (κ3) is 3.77. The van der Waals surface area contributed by atoms with E-state index >= 15 is 0 Å². The van der Waals surface area contributed by atoms with Gasteiger partial charge in [-0.1, -0.05) is 6.58 Å². The van der Waals surface area contributed by atoms with Crippen molar-refractivity contribution in [2.45, 2.75) is 6.92 Å². The van der Waals surface area contributed by atoms with Crippen molar-refractivity contribution in [3.63, 3.8) is 0 Å². The largest absolute Gasteiger partial charge is 0.491 e. The molecule has 0 saturated carbocycles. The monoisotopic (exact) mass is 349 g/mol. The summed E-state index contributed by atoms with van der Waals surface area (Å²) in [5.41, 5.74) is 3.28. The molecule has 3 nitrogen and oxygen atoms in total. The van der Waals surface area contributed by atoms with Gasteiger partial charge >= 0.3 is 0 Å². The Morgan fingerprint density at radius 2 is 1.86 bits per heavy atom. The maximum atomic E-state index is 5.59. The highest BCUT2D eigenvalue weighted by atomic mass is 79.9. The number of allylic oxidation sites excluding steroid dienone is 3. The van der Waals surface area contributed by atoms with Crippen LogP contribution in [0.5, 0.6) is 5.75 Å². The maximum Gasteiger partial charge on any atom is 0.119 e. The second-order valence-electron chi connectivity index (χ2n) is 4.62. The minimum Gasteiger partial charge on any atom is -0.491 e. The highest BCUT2D eigenvalue weighted by Crippen LogP contribution is 2.33. The van der Waals surface area contributed by atoms with Gasteiger partial charge in [0.2, 0.25) is 0 Å². The van der Waals surface area contributed by atoms with Crippen molar-refractivity contribution in [3.8, 4) is 5.75 Å². The molecule has 2 rings (SSSR count). The highest BCUT2D eigenvalue weighted by molar-refractivity contribution is 9.12. The third-order valence-electron chi connectivity index (χ3n) is 3.30. The van der Waals surface area contributed by atoms with Gasteiger partial charge in [-0.05, 0) is 64.8 Å². The number of hydrogen-bond acceptors (Lipinski definition) is 3. The topological polar surface area (TPSA) is 21.7 Å². The molecule has 0 aliphatic carbocycles. The zero-order chi connectivity index (χ0) is 15.2. The maximum absolute atomic E-state index is 5.59. The first kappa shape index (κ1) is 15.9. The van der Waals surface area contributed by atoms with Crippen LogP contribution in [0.4, 0.5) is 0 Å². The van der Waals surface area contributed by atoms with Gasteiger partial charge in [-0.25, -0.2) is 0 Å². The van der Waals surface area contributed by atoms with E-state index in [0.29, 0.717) is 13.2 Å². The Balaban J connectivity index is 2.16. The van der Waals surface area contributed by atoms with Crippen LogP contribution >= 0.6 is 15.9 Å². The van der Waals surface area contributed by atoms with Gasteiger partial charge in [0.1, 0.15) is 12.4 Å². The number of likely N-dealkylation sites (N-methyl/N-ethyl adjacent to an activating group) is 1. The second kappa shape index (κ2) is 7.48. The van der Waals surface area contributed by atoms with E-state index in [-0.39, 0.29) is 0 Å². The first-order valence-corrected chi connectivity index (χ1v) is 7.73. The summed E-state index contributed by atoms with van der Waals surface area (Å²) >= 11 is 3.53. The molecule has 0 fully saturated rings. The van der Waals surface area contributed by atoms with Crippen LogP contribution in [-0.2, 0) is 4.74 Å². The first-order chi connectivity index (χ1) is 10.2. The van der Waals surface area contributed by atoms with E-state index in [4.69, 9.17) is 9.47 Å². The quantitative estimate of drug-likeness (QED) is 0.719. The van der Waals surface area contributed by atoms with Crippen molar-refractivity contribution in [2.24, 2.45) is 0 Å². The zero-order valence-corrected chi connectivity index (χ0v) is 14.0. The molecule has 0 radical (unpaired) electrons. The van der Waals surface area contributed by atoms with Gasteiger partial charge in [0, 0.05) is 29.5 Å². The lowest BCUT2D eigenvalue weighted by Crippen LogP contribution is -2.22. The smallest absolute Gasteiger partial charge is 0.119 e. The van der Waals surface area contributed by atoms with Crippen LogP contribution in [0.2, 0.25) is 0 Å². The predicted molar refractivity (Wildman–Crippen MR) is 90.3 cm³/mol. The highest BCUT2D eigenvalue weighted by Gasteiger charge is 2.18. The van der Waals surface area contributed by atoms with Crippen LogP contribution in [0.25, 0.3) is 5.70 Å². The Hall–Kier alpha value is -1.52. The van der Waals surface area contributed by atoms with E-state index in [1.165, 1.54) is 0 Å². The van der Waals surface area contributed by atoms with Gasteiger partial charge in [0.25, 0.3) is 0 Å². The summed E-state index contributed by atoms with van der Waals surface area (Å²) in [7, 11) is 1.67. The van der Waals surface area contributed by atoms with Crippen molar-refractivity contribution in [1.29, 1.82) is 0 Å². The second-order valence-corrected chi connectivity index (χ2v) is 5.48. The number of methoxy groups -OCH3 is 1. The van der Waals surface area contributed by atoms with Crippen molar-refractivity contribution in [2.75, 3.05) is 26.9 Å².